The van der Waals surface area contributed by atoms with Gasteiger partial charge in [-0.05, 0) is 49.1 Å². The third-order valence-corrected chi connectivity index (χ3v) is 4.71. The van der Waals surface area contributed by atoms with E-state index in [0.29, 0.717) is 6.54 Å². The lowest BCUT2D eigenvalue weighted by Gasteiger charge is -2.32. The Morgan fingerprint density at radius 3 is 2.59 bits per heavy atom. The molecule has 0 atom stereocenters. The lowest BCUT2D eigenvalue weighted by Crippen LogP contribution is -2.44. The lowest BCUT2D eigenvalue weighted by molar-refractivity contribution is 0.346. The molecule has 2 aromatic rings. The third-order valence-electron chi connectivity index (χ3n) is 4.71. The summed E-state index contributed by atoms with van der Waals surface area (Å²) in [6.45, 7) is 8.19. The molecule has 1 aliphatic heterocycles. The molecule has 0 spiro atoms. The SMILES string of the molecule is CCNC(=NCCn1cc(C)cn1)N1CCc2cc(OC)c(OC)cc2C1. The molecule has 0 unspecified atom stereocenters. The van der Waals surface area contributed by atoms with Crippen LogP contribution in [-0.2, 0) is 19.5 Å². The van der Waals surface area contributed by atoms with E-state index in [1.54, 1.807) is 14.2 Å². The van der Waals surface area contributed by atoms with Gasteiger partial charge in [0.2, 0.25) is 0 Å². The normalized spacial score (nSPS) is 14.1. The molecule has 0 radical (unpaired) electrons. The molecule has 1 aromatic carbocycles. The van der Waals surface area contributed by atoms with Crippen molar-refractivity contribution < 1.29 is 9.47 Å². The number of hydrogen-bond acceptors (Lipinski definition) is 4. The Bertz CT molecular complexity index is 800. The molecule has 1 aromatic heterocycles. The van der Waals surface area contributed by atoms with Crippen LogP contribution in [0.4, 0.5) is 0 Å². The maximum Gasteiger partial charge on any atom is 0.194 e. The largest absolute Gasteiger partial charge is 0.493 e. The third kappa shape index (κ3) is 4.53. The Kier molecular flexibility index (Phi) is 6.21. The van der Waals surface area contributed by atoms with Crippen LogP contribution in [0.2, 0.25) is 0 Å². The molecule has 7 heteroatoms. The summed E-state index contributed by atoms with van der Waals surface area (Å²) in [7, 11) is 3.35. The van der Waals surface area contributed by atoms with Crippen LogP contribution in [0.15, 0.2) is 29.5 Å². The van der Waals surface area contributed by atoms with Crippen LogP contribution in [-0.4, -0.2) is 54.5 Å². The van der Waals surface area contributed by atoms with Crippen LogP contribution in [0.25, 0.3) is 0 Å². The van der Waals surface area contributed by atoms with Gasteiger partial charge in [-0.2, -0.15) is 5.10 Å². The number of guanidine groups is 1. The minimum absolute atomic E-state index is 0.693. The van der Waals surface area contributed by atoms with Gasteiger partial charge in [-0.3, -0.25) is 9.67 Å². The summed E-state index contributed by atoms with van der Waals surface area (Å²) in [4.78, 5) is 7.10. The van der Waals surface area contributed by atoms with Crippen molar-refractivity contribution in [2.45, 2.75) is 33.4 Å². The molecule has 0 bridgehead atoms. The van der Waals surface area contributed by atoms with E-state index in [-0.39, 0.29) is 0 Å². The van der Waals surface area contributed by atoms with Crippen molar-refractivity contribution in [1.29, 1.82) is 0 Å². The van der Waals surface area contributed by atoms with Crippen molar-refractivity contribution in [2.75, 3.05) is 33.9 Å². The summed E-state index contributed by atoms with van der Waals surface area (Å²) in [5, 5.41) is 7.74. The summed E-state index contributed by atoms with van der Waals surface area (Å²) in [6, 6.07) is 4.17. The Morgan fingerprint density at radius 1 is 1.22 bits per heavy atom. The van der Waals surface area contributed by atoms with Crippen LogP contribution < -0.4 is 14.8 Å². The molecule has 1 aliphatic rings. The zero-order chi connectivity index (χ0) is 19.2. The molecule has 1 N–H and O–H groups in total. The van der Waals surface area contributed by atoms with E-state index in [0.717, 1.165) is 50.1 Å². The van der Waals surface area contributed by atoms with Crippen LogP contribution >= 0.6 is 0 Å². The number of aromatic nitrogens is 2. The predicted molar refractivity (Wildman–Crippen MR) is 107 cm³/mol. The Morgan fingerprint density at radius 2 is 1.96 bits per heavy atom. The fourth-order valence-corrected chi connectivity index (χ4v) is 3.34. The van der Waals surface area contributed by atoms with Gasteiger partial charge in [0.1, 0.15) is 0 Å². The smallest absolute Gasteiger partial charge is 0.194 e. The van der Waals surface area contributed by atoms with E-state index in [4.69, 9.17) is 14.5 Å². The van der Waals surface area contributed by atoms with Gasteiger partial charge in [-0.1, -0.05) is 0 Å². The first kappa shape index (κ1) is 19.1. The van der Waals surface area contributed by atoms with Crippen molar-refractivity contribution in [3.8, 4) is 11.5 Å². The van der Waals surface area contributed by atoms with Crippen molar-refractivity contribution in [2.24, 2.45) is 4.99 Å². The number of hydrogen-bond donors (Lipinski definition) is 1. The second-order valence-corrected chi connectivity index (χ2v) is 6.66. The van der Waals surface area contributed by atoms with Gasteiger partial charge >= 0.3 is 0 Å². The average Bonchev–Trinajstić information content (AvgIpc) is 3.10. The van der Waals surface area contributed by atoms with Crippen LogP contribution in [0.3, 0.4) is 0 Å². The van der Waals surface area contributed by atoms with E-state index in [9.17, 15) is 0 Å². The van der Waals surface area contributed by atoms with Gasteiger partial charge in [-0.15, -0.1) is 0 Å². The quantitative estimate of drug-likeness (QED) is 0.623. The van der Waals surface area contributed by atoms with Gasteiger partial charge < -0.3 is 19.7 Å². The average molecular weight is 371 g/mol. The van der Waals surface area contributed by atoms with Crippen molar-refractivity contribution >= 4 is 5.96 Å². The van der Waals surface area contributed by atoms with Crippen molar-refractivity contribution in [1.82, 2.24) is 20.0 Å². The monoisotopic (exact) mass is 371 g/mol. The highest BCUT2D eigenvalue weighted by Gasteiger charge is 2.21. The number of fused-ring (bicyclic) bond motifs is 1. The van der Waals surface area contributed by atoms with Crippen LogP contribution in [0.1, 0.15) is 23.6 Å². The van der Waals surface area contributed by atoms with E-state index in [1.807, 2.05) is 24.0 Å². The summed E-state index contributed by atoms with van der Waals surface area (Å²) in [5.74, 6) is 2.51. The van der Waals surface area contributed by atoms with Crippen molar-refractivity contribution in [3.63, 3.8) is 0 Å². The number of methoxy groups -OCH3 is 2. The second-order valence-electron chi connectivity index (χ2n) is 6.66. The molecule has 0 aliphatic carbocycles. The van der Waals surface area contributed by atoms with E-state index >= 15 is 0 Å². The molecule has 7 nitrogen and oxygen atoms in total. The highest BCUT2D eigenvalue weighted by molar-refractivity contribution is 5.80. The fraction of sp³-hybridized carbons (Fsp3) is 0.500. The summed E-state index contributed by atoms with van der Waals surface area (Å²) >= 11 is 0. The molecule has 146 valence electrons. The number of nitrogens with zero attached hydrogens (tertiary/aromatic N) is 4. The van der Waals surface area contributed by atoms with Crippen molar-refractivity contribution in [3.05, 3.63) is 41.2 Å². The van der Waals surface area contributed by atoms with Gasteiger partial charge in [0.25, 0.3) is 0 Å². The lowest BCUT2D eigenvalue weighted by atomic mass is 9.99. The first-order valence-corrected chi connectivity index (χ1v) is 9.40. The maximum atomic E-state index is 5.46. The Balaban J connectivity index is 1.72. The predicted octanol–water partition coefficient (Wildman–Crippen LogP) is 2.23. The molecular formula is C20H29N5O2. The molecule has 27 heavy (non-hydrogen) atoms. The zero-order valence-electron chi connectivity index (χ0n) is 16.7. The minimum atomic E-state index is 0.693. The molecule has 0 fully saturated rings. The Labute approximate surface area is 161 Å². The molecular weight excluding hydrogens is 342 g/mol. The van der Waals surface area contributed by atoms with Gasteiger partial charge in [0.05, 0.1) is 33.5 Å². The van der Waals surface area contributed by atoms with Gasteiger partial charge in [0, 0.05) is 25.8 Å². The molecule has 0 amide bonds. The molecule has 2 heterocycles. The molecule has 3 rings (SSSR count). The number of rotatable bonds is 6. The highest BCUT2D eigenvalue weighted by Crippen LogP contribution is 2.33. The zero-order valence-corrected chi connectivity index (χ0v) is 16.7. The first-order chi connectivity index (χ1) is 13.1. The van der Waals surface area contributed by atoms with Gasteiger partial charge in [0.15, 0.2) is 17.5 Å². The standard InChI is InChI=1S/C20H29N5O2/c1-5-21-20(22-7-9-25-13-15(2)12-23-25)24-8-6-16-10-18(26-3)19(27-4)11-17(16)14-24/h10-13H,5-9,14H2,1-4H3,(H,21,22). The second kappa shape index (κ2) is 8.79. The first-order valence-electron chi connectivity index (χ1n) is 9.40. The minimum Gasteiger partial charge on any atom is -0.493 e. The highest BCUT2D eigenvalue weighted by atomic mass is 16.5. The van der Waals surface area contributed by atoms with Gasteiger partial charge in [-0.25, -0.2) is 0 Å². The van der Waals surface area contributed by atoms with E-state index < -0.39 is 0 Å². The van der Waals surface area contributed by atoms with E-state index in [2.05, 4.69) is 34.4 Å². The fourth-order valence-electron chi connectivity index (χ4n) is 3.34. The maximum absolute atomic E-state index is 5.46. The van der Waals surface area contributed by atoms with Crippen LogP contribution in [0.5, 0.6) is 11.5 Å². The number of nitrogens with one attached hydrogen (secondary N) is 1. The number of benzene rings is 1. The van der Waals surface area contributed by atoms with E-state index in [1.165, 1.54) is 16.7 Å². The number of ether oxygens (including phenoxy) is 2. The summed E-state index contributed by atoms with van der Waals surface area (Å²) in [5.41, 5.74) is 3.74. The summed E-state index contributed by atoms with van der Waals surface area (Å²) < 4.78 is 12.8. The number of aliphatic imine (C=N–C) groups is 1. The Hall–Kier alpha value is -2.70. The molecule has 0 saturated heterocycles. The summed E-state index contributed by atoms with van der Waals surface area (Å²) in [6.07, 6.45) is 4.87. The topological polar surface area (TPSA) is 63.9 Å². The molecule has 0 saturated carbocycles. The number of aryl methyl sites for hydroxylation is 1. The van der Waals surface area contributed by atoms with Crippen LogP contribution in [0, 0.1) is 6.92 Å².